The van der Waals surface area contributed by atoms with E-state index in [2.05, 4.69) is 63.8 Å². The highest BCUT2D eigenvalue weighted by Gasteiger charge is 2.32. The lowest BCUT2D eigenvalue weighted by molar-refractivity contribution is -0.157. The molecule has 10 nitrogen and oxygen atoms in total. The molecule has 2 aromatic heterocycles. The van der Waals surface area contributed by atoms with Gasteiger partial charge >= 0.3 is 11.9 Å². The largest absolute Gasteiger partial charge is 0.482 e. The van der Waals surface area contributed by atoms with Gasteiger partial charge < -0.3 is 19.1 Å². The summed E-state index contributed by atoms with van der Waals surface area (Å²) in [6.07, 6.45) is 1.61. The van der Waals surface area contributed by atoms with Gasteiger partial charge in [0, 0.05) is 41.2 Å². The fourth-order valence-corrected chi connectivity index (χ4v) is 7.34. The lowest BCUT2D eigenvalue weighted by Crippen LogP contribution is -2.30. The summed E-state index contributed by atoms with van der Waals surface area (Å²) in [4.78, 5) is 33.1. The number of hydrogen-bond acceptors (Lipinski definition) is 10. The first kappa shape index (κ1) is 32.4. The summed E-state index contributed by atoms with van der Waals surface area (Å²) in [5.41, 5.74) is 7.18. The van der Waals surface area contributed by atoms with Gasteiger partial charge in [-0.3, -0.25) is 14.4 Å². The molecular formula is C36H41N5O5S. The number of nitrogens with zero attached hydrogens (tertiary/aromatic N) is 5. The maximum atomic E-state index is 12.2. The number of carbonyl (C=O) groups excluding carboxylic acids is 2. The van der Waals surface area contributed by atoms with Crippen LogP contribution in [-0.4, -0.2) is 58.3 Å². The number of rotatable bonds is 8. The number of thiophene rings is 1. The van der Waals surface area contributed by atoms with Crippen molar-refractivity contribution in [3.8, 4) is 10.8 Å². The molecule has 11 heteroatoms. The summed E-state index contributed by atoms with van der Waals surface area (Å²) in [5.74, 6) is 1.52. The molecule has 6 rings (SSSR count). The van der Waals surface area contributed by atoms with Crippen molar-refractivity contribution >= 4 is 34.7 Å². The minimum Gasteiger partial charge on any atom is -0.482 e. The number of anilines is 1. The molecule has 0 amide bonds. The molecule has 47 heavy (non-hydrogen) atoms. The Hall–Kier alpha value is -4.51. The van der Waals surface area contributed by atoms with Crippen LogP contribution in [0.4, 0.5) is 5.69 Å². The highest BCUT2D eigenvalue weighted by molar-refractivity contribution is 7.15. The Balaban J connectivity index is 1.26. The van der Waals surface area contributed by atoms with E-state index in [9.17, 15) is 9.59 Å². The monoisotopic (exact) mass is 655 g/mol. The maximum Gasteiger partial charge on any atom is 0.344 e. The predicted octanol–water partition coefficient (Wildman–Crippen LogP) is 6.38. The number of methoxy groups -OCH3 is 1. The minimum absolute atomic E-state index is 0.128. The molecule has 0 spiro atoms. The molecule has 1 atom stereocenters. The van der Waals surface area contributed by atoms with Crippen LogP contribution in [0.3, 0.4) is 0 Å². The van der Waals surface area contributed by atoms with Gasteiger partial charge in [0.25, 0.3) is 0 Å². The first-order valence-corrected chi connectivity index (χ1v) is 16.7. The molecule has 0 fully saturated rings. The standard InChI is InChI=1S/C36H41N5O5S/c1-21-22(2)47-35-32(21)33(37-29(14-15-30(42)44-7)34-39-38-23(3)41(34)35)25-8-11-27(12-9-25)40-17-16-24-10-13-28(18-26(24)19-40)45-20-31(43)46-36(4,5)6/h8-13,18,29H,14-17,19-20H2,1-7H3/t29-/m0/s1. The third-order valence-corrected chi connectivity index (χ3v) is 9.75. The Kier molecular flexibility index (Phi) is 8.93. The molecular weight excluding hydrogens is 614 g/mol. The number of carbonyl (C=O) groups is 2. The van der Waals surface area contributed by atoms with Gasteiger partial charge in [0.2, 0.25) is 0 Å². The molecule has 0 unspecified atom stereocenters. The molecule has 0 bridgehead atoms. The summed E-state index contributed by atoms with van der Waals surface area (Å²) in [6, 6.07) is 14.3. The topological polar surface area (TPSA) is 108 Å². The summed E-state index contributed by atoms with van der Waals surface area (Å²) < 4.78 is 18.2. The van der Waals surface area contributed by atoms with E-state index in [1.54, 1.807) is 11.3 Å². The van der Waals surface area contributed by atoms with Crippen molar-refractivity contribution in [1.29, 1.82) is 0 Å². The van der Waals surface area contributed by atoms with Crippen LogP contribution < -0.4 is 9.64 Å². The summed E-state index contributed by atoms with van der Waals surface area (Å²) >= 11 is 1.71. The van der Waals surface area contributed by atoms with Crippen molar-refractivity contribution in [3.05, 3.63) is 86.8 Å². The van der Waals surface area contributed by atoms with Gasteiger partial charge in [-0.2, -0.15) is 0 Å². The van der Waals surface area contributed by atoms with Gasteiger partial charge in [-0.25, -0.2) is 4.79 Å². The van der Waals surface area contributed by atoms with Gasteiger partial charge in [-0.15, -0.1) is 21.5 Å². The first-order valence-electron chi connectivity index (χ1n) is 15.9. The highest BCUT2D eigenvalue weighted by atomic mass is 32.1. The lowest BCUT2D eigenvalue weighted by atomic mass is 9.97. The smallest absolute Gasteiger partial charge is 0.344 e. The van der Waals surface area contributed by atoms with Crippen molar-refractivity contribution in [2.24, 2.45) is 4.99 Å². The Morgan fingerprint density at radius 3 is 2.49 bits per heavy atom. The third-order valence-electron chi connectivity index (χ3n) is 8.56. The molecule has 0 N–H and O–H groups in total. The minimum atomic E-state index is -0.551. The van der Waals surface area contributed by atoms with Crippen molar-refractivity contribution in [2.75, 3.05) is 25.2 Å². The van der Waals surface area contributed by atoms with Crippen LogP contribution in [0.1, 0.15) is 84.0 Å². The molecule has 2 aliphatic heterocycles. The number of benzene rings is 2. The fraction of sp³-hybridized carbons (Fsp3) is 0.417. The second-order valence-corrected chi connectivity index (χ2v) is 14.2. The van der Waals surface area contributed by atoms with Crippen molar-refractivity contribution in [2.45, 2.75) is 79.0 Å². The SMILES string of the molecule is COC(=O)CC[C@@H]1N=C(c2ccc(N3CCc4ccc(OCC(=O)OC(C)(C)C)cc4C3)cc2)c2c(sc(C)c2C)-n2c(C)nnc21. The van der Waals surface area contributed by atoms with Gasteiger partial charge in [0.05, 0.1) is 12.8 Å². The Morgan fingerprint density at radius 2 is 1.77 bits per heavy atom. The Bertz CT molecular complexity index is 1850. The van der Waals surface area contributed by atoms with Gasteiger partial charge in [-0.1, -0.05) is 18.2 Å². The third kappa shape index (κ3) is 6.81. The number of esters is 2. The van der Waals surface area contributed by atoms with E-state index in [0.717, 1.165) is 58.7 Å². The molecule has 246 valence electrons. The van der Waals surface area contributed by atoms with E-state index in [1.165, 1.54) is 28.7 Å². The van der Waals surface area contributed by atoms with Crippen LogP contribution in [0.2, 0.25) is 0 Å². The zero-order valence-corrected chi connectivity index (χ0v) is 28.9. The second-order valence-electron chi connectivity index (χ2n) is 13.0. The number of ether oxygens (including phenoxy) is 3. The van der Waals surface area contributed by atoms with Gasteiger partial charge in [-0.05, 0) is 95.3 Å². The van der Waals surface area contributed by atoms with Crippen molar-refractivity contribution in [1.82, 2.24) is 14.8 Å². The normalized spacial score (nSPS) is 15.6. The number of fused-ring (bicyclic) bond motifs is 4. The van der Waals surface area contributed by atoms with Crippen LogP contribution >= 0.6 is 11.3 Å². The average Bonchev–Trinajstić information content (AvgIpc) is 3.52. The Labute approximate surface area is 279 Å². The molecule has 4 aromatic rings. The van der Waals surface area contributed by atoms with Crippen LogP contribution in [-0.2, 0) is 32.0 Å². The van der Waals surface area contributed by atoms with Crippen LogP contribution in [0.5, 0.6) is 5.75 Å². The number of hydrogen-bond donors (Lipinski definition) is 0. The van der Waals surface area contributed by atoms with E-state index in [-0.39, 0.29) is 31.0 Å². The summed E-state index contributed by atoms with van der Waals surface area (Å²) in [7, 11) is 1.41. The Morgan fingerprint density at radius 1 is 1.00 bits per heavy atom. The van der Waals surface area contributed by atoms with Crippen LogP contribution in [0, 0.1) is 20.8 Å². The molecule has 4 heterocycles. The number of aromatic nitrogens is 3. The number of aliphatic imine (C=N–C) groups is 1. The molecule has 0 saturated carbocycles. The zero-order valence-electron chi connectivity index (χ0n) is 28.0. The maximum absolute atomic E-state index is 12.2. The van der Waals surface area contributed by atoms with Crippen molar-refractivity contribution in [3.63, 3.8) is 0 Å². The molecule has 2 aromatic carbocycles. The van der Waals surface area contributed by atoms with Crippen LogP contribution in [0.25, 0.3) is 5.00 Å². The molecule has 2 aliphatic rings. The fourth-order valence-electron chi connectivity index (χ4n) is 6.13. The quantitative estimate of drug-likeness (QED) is 0.201. The predicted molar refractivity (Wildman–Crippen MR) is 182 cm³/mol. The van der Waals surface area contributed by atoms with E-state index < -0.39 is 5.60 Å². The second kappa shape index (κ2) is 12.9. The van der Waals surface area contributed by atoms with Gasteiger partial charge in [0.1, 0.15) is 28.2 Å². The van der Waals surface area contributed by atoms with E-state index in [4.69, 9.17) is 19.2 Å². The zero-order chi connectivity index (χ0) is 33.5. The highest BCUT2D eigenvalue weighted by Crippen LogP contribution is 2.40. The molecule has 0 aliphatic carbocycles. The van der Waals surface area contributed by atoms with Gasteiger partial charge in [0.15, 0.2) is 12.4 Å². The van der Waals surface area contributed by atoms with Crippen molar-refractivity contribution < 1.29 is 23.8 Å². The van der Waals surface area contributed by atoms with E-state index >= 15 is 0 Å². The summed E-state index contributed by atoms with van der Waals surface area (Å²) in [5, 5.41) is 9.97. The molecule has 0 radical (unpaired) electrons. The summed E-state index contributed by atoms with van der Waals surface area (Å²) in [6.45, 7) is 13.2. The first-order chi connectivity index (χ1) is 22.4. The van der Waals surface area contributed by atoms with Crippen LogP contribution in [0.15, 0.2) is 47.5 Å². The lowest BCUT2D eigenvalue weighted by Gasteiger charge is -2.31. The average molecular weight is 656 g/mol. The van der Waals surface area contributed by atoms with E-state index in [0.29, 0.717) is 12.2 Å². The molecule has 0 saturated heterocycles. The van der Waals surface area contributed by atoms with E-state index in [1.807, 2.05) is 39.8 Å². The number of aryl methyl sites for hydroxylation is 2.